The Morgan fingerprint density at radius 1 is 1.14 bits per heavy atom. The van der Waals surface area contributed by atoms with Gasteiger partial charge in [-0.25, -0.2) is 4.79 Å². The summed E-state index contributed by atoms with van der Waals surface area (Å²) in [6.45, 7) is 9.34. The van der Waals surface area contributed by atoms with Gasteiger partial charge in [0.15, 0.2) is 0 Å². The van der Waals surface area contributed by atoms with Crippen LogP contribution in [0.4, 0.5) is 0 Å². The quantitative estimate of drug-likeness (QED) is 0.655. The van der Waals surface area contributed by atoms with E-state index in [1.165, 1.54) is 32.6 Å². The second kappa shape index (κ2) is 6.63. The lowest BCUT2D eigenvalue weighted by molar-refractivity contribution is -0.132. The van der Waals surface area contributed by atoms with E-state index >= 15 is 0 Å². The number of hydrogen-bond acceptors (Lipinski definition) is 1. The number of rotatable bonds is 1. The molecule has 2 nitrogen and oxygen atoms in total. The van der Waals surface area contributed by atoms with Crippen molar-refractivity contribution >= 4 is 5.97 Å². The number of carboxylic acids is 1. The molecule has 0 radical (unpaired) electrons. The average molecular weight is 198 g/mol. The zero-order valence-electron chi connectivity index (χ0n) is 9.55. The van der Waals surface area contributed by atoms with Crippen LogP contribution in [-0.4, -0.2) is 11.1 Å². The van der Waals surface area contributed by atoms with Gasteiger partial charge in [0, 0.05) is 5.57 Å². The third kappa shape index (κ3) is 6.70. The molecule has 0 aromatic carbocycles. The highest BCUT2D eigenvalue weighted by Gasteiger charge is 2.13. The molecule has 0 atom stereocenters. The molecule has 1 N–H and O–H groups in total. The van der Waals surface area contributed by atoms with E-state index < -0.39 is 5.97 Å². The molecule has 0 aliphatic heterocycles. The van der Waals surface area contributed by atoms with Gasteiger partial charge in [0.2, 0.25) is 0 Å². The van der Waals surface area contributed by atoms with E-state index in [9.17, 15) is 4.79 Å². The molecule has 0 aromatic rings. The first-order chi connectivity index (χ1) is 6.43. The molecule has 0 bridgehead atoms. The maximum absolute atomic E-state index is 9.60. The van der Waals surface area contributed by atoms with Gasteiger partial charge in [-0.3, -0.25) is 0 Å². The molecule has 0 heterocycles. The standard InChI is InChI=1S/C8H16.C4H6O2/c1-7-3-5-8(2)6-4-7;1-3(2)4(5)6/h7-8H,3-6H2,1-2H3;1H2,2H3,(H,5,6). The van der Waals surface area contributed by atoms with Crippen LogP contribution in [0, 0.1) is 11.8 Å². The lowest BCUT2D eigenvalue weighted by atomic mass is 9.84. The molecule has 2 heteroatoms. The van der Waals surface area contributed by atoms with Crippen LogP contribution in [0.3, 0.4) is 0 Å². The second-order valence-corrected chi connectivity index (χ2v) is 4.45. The van der Waals surface area contributed by atoms with Crippen LogP contribution in [0.5, 0.6) is 0 Å². The lowest BCUT2D eigenvalue weighted by Crippen LogP contribution is -2.08. The Morgan fingerprint density at radius 2 is 1.36 bits per heavy atom. The number of carboxylic acid groups (broad SMARTS) is 1. The highest BCUT2D eigenvalue weighted by molar-refractivity contribution is 5.84. The molecule has 82 valence electrons. The Kier molecular flexibility index (Phi) is 6.26. The largest absolute Gasteiger partial charge is 0.478 e. The molecular weight excluding hydrogens is 176 g/mol. The zero-order valence-corrected chi connectivity index (χ0v) is 9.55. The summed E-state index contributed by atoms with van der Waals surface area (Å²) in [7, 11) is 0. The Labute approximate surface area is 87.0 Å². The molecule has 1 aliphatic carbocycles. The Hall–Kier alpha value is -0.790. The Morgan fingerprint density at radius 3 is 1.50 bits per heavy atom. The van der Waals surface area contributed by atoms with Gasteiger partial charge >= 0.3 is 5.97 Å². The third-order valence-electron chi connectivity index (χ3n) is 2.67. The molecule has 1 fully saturated rings. The van der Waals surface area contributed by atoms with Crippen molar-refractivity contribution in [1.29, 1.82) is 0 Å². The van der Waals surface area contributed by atoms with E-state index in [1.54, 1.807) is 0 Å². The molecule has 1 rings (SSSR count). The summed E-state index contributed by atoms with van der Waals surface area (Å²) < 4.78 is 0. The fraction of sp³-hybridized carbons (Fsp3) is 0.750. The second-order valence-electron chi connectivity index (χ2n) is 4.45. The molecule has 1 saturated carbocycles. The van der Waals surface area contributed by atoms with Crippen LogP contribution in [0.15, 0.2) is 12.2 Å². The number of hydrogen-bond donors (Lipinski definition) is 1. The summed E-state index contributed by atoms with van der Waals surface area (Å²) in [5, 5.41) is 7.89. The van der Waals surface area contributed by atoms with E-state index in [0.717, 1.165) is 11.8 Å². The predicted molar refractivity (Wildman–Crippen MR) is 59.2 cm³/mol. The van der Waals surface area contributed by atoms with Gasteiger partial charge < -0.3 is 5.11 Å². The fourth-order valence-corrected chi connectivity index (χ4v) is 1.43. The minimum atomic E-state index is -0.935. The minimum Gasteiger partial charge on any atom is -0.478 e. The summed E-state index contributed by atoms with van der Waals surface area (Å²) in [5.41, 5.74) is 0.176. The summed E-state index contributed by atoms with van der Waals surface area (Å²) in [6, 6.07) is 0. The average Bonchev–Trinajstić information content (AvgIpc) is 2.11. The van der Waals surface area contributed by atoms with Crippen molar-refractivity contribution in [1.82, 2.24) is 0 Å². The van der Waals surface area contributed by atoms with Gasteiger partial charge in [0.05, 0.1) is 0 Å². The van der Waals surface area contributed by atoms with Crippen LogP contribution in [0.1, 0.15) is 46.5 Å². The van der Waals surface area contributed by atoms with Crippen molar-refractivity contribution in [3.05, 3.63) is 12.2 Å². The van der Waals surface area contributed by atoms with E-state index in [-0.39, 0.29) is 5.57 Å². The molecular formula is C12H22O2. The highest BCUT2D eigenvalue weighted by Crippen LogP contribution is 2.27. The Bertz CT molecular complexity index is 166. The van der Waals surface area contributed by atoms with Gasteiger partial charge in [-0.1, -0.05) is 46.1 Å². The summed E-state index contributed by atoms with van der Waals surface area (Å²) in [5.74, 6) is 1.10. The van der Waals surface area contributed by atoms with Crippen molar-refractivity contribution < 1.29 is 9.90 Å². The molecule has 0 amide bonds. The molecule has 14 heavy (non-hydrogen) atoms. The van der Waals surface area contributed by atoms with Crippen LogP contribution >= 0.6 is 0 Å². The van der Waals surface area contributed by atoms with Gasteiger partial charge in [0.25, 0.3) is 0 Å². The van der Waals surface area contributed by atoms with Gasteiger partial charge in [-0.2, -0.15) is 0 Å². The van der Waals surface area contributed by atoms with Gasteiger partial charge in [-0.15, -0.1) is 0 Å². The van der Waals surface area contributed by atoms with Crippen molar-refractivity contribution in [2.24, 2.45) is 11.8 Å². The monoisotopic (exact) mass is 198 g/mol. The first-order valence-electron chi connectivity index (χ1n) is 5.32. The molecule has 1 aliphatic rings. The van der Waals surface area contributed by atoms with Crippen molar-refractivity contribution in [2.75, 3.05) is 0 Å². The zero-order chi connectivity index (χ0) is 11.1. The fourth-order valence-electron chi connectivity index (χ4n) is 1.43. The smallest absolute Gasteiger partial charge is 0.330 e. The first-order valence-corrected chi connectivity index (χ1v) is 5.32. The highest BCUT2D eigenvalue weighted by atomic mass is 16.4. The summed E-state index contributed by atoms with van der Waals surface area (Å²) >= 11 is 0. The maximum Gasteiger partial charge on any atom is 0.330 e. The molecule has 0 saturated heterocycles. The van der Waals surface area contributed by atoms with Crippen LogP contribution in [0.25, 0.3) is 0 Å². The first kappa shape index (κ1) is 13.2. The molecule has 0 unspecified atom stereocenters. The van der Waals surface area contributed by atoms with E-state index in [2.05, 4.69) is 20.4 Å². The number of carbonyl (C=O) groups is 1. The third-order valence-corrected chi connectivity index (χ3v) is 2.67. The maximum atomic E-state index is 9.60. The SMILES string of the molecule is C=C(C)C(=O)O.CC1CCC(C)CC1. The van der Waals surface area contributed by atoms with Crippen molar-refractivity contribution in [2.45, 2.75) is 46.5 Å². The van der Waals surface area contributed by atoms with E-state index in [0.29, 0.717) is 0 Å². The van der Waals surface area contributed by atoms with Crippen LogP contribution in [-0.2, 0) is 4.79 Å². The minimum absolute atomic E-state index is 0.176. The van der Waals surface area contributed by atoms with Crippen molar-refractivity contribution in [3.8, 4) is 0 Å². The van der Waals surface area contributed by atoms with Gasteiger partial charge in [-0.05, 0) is 18.8 Å². The summed E-state index contributed by atoms with van der Waals surface area (Å²) in [4.78, 5) is 9.60. The molecule has 0 spiro atoms. The number of aliphatic carboxylic acids is 1. The van der Waals surface area contributed by atoms with Crippen LogP contribution in [0.2, 0.25) is 0 Å². The topological polar surface area (TPSA) is 37.3 Å². The summed E-state index contributed by atoms with van der Waals surface area (Å²) in [6.07, 6.45) is 5.89. The van der Waals surface area contributed by atoms with E-state index in [1.807, 2.05) is 0 Å². The van der Waals surface area contributed by atoms with Crippen molar-refractivity contribution in [3.63, 3.8) is 0 Å². The molecule has 0 aromatic heterocycles. The lowest BCUT2D eigenvalue weighted by Gasteiger charge is -2.22. The van der Waals surface area contributed by atoms with E-state index in [4.69, 9.17) is 5.11 Å². The Balaban J connectivity index is 0.000000255. The predicted octanol–water partition coefficient (Wildman–Crippen LogP) is 3.48. The van der Waals surface area contributed by atoms with Crippen LogP contribution < -0.4 is 0 Å². The van der Waals surface area contributed by atoms with Gasteiger partial charge in [0.1, 0.15) is 0 Å². The normalized spacial score (nSPS) is 25.9.